The summed E-state index contributed by atoms with van der Waals surface area (Å²) in [6, 6.07) is 13.5. The van der Waals surface area contributed by atoms with Gasteiger partial charge < -0.3 is 14.0 Å². The van der Waals surface area contributed by atoms with Crippen LogP contribution in [0.15, 0.2) is 65.1 Å². The highest BCUT2D eigenvalue weighted by Gasteiger charge is 2.39. The van der Waals surface area contributed by atoms with Crippen LogP contribution in [0.5, 0.6) is 5.75 Å². The molecule has 7 nitrogen and oxygen atoms in total. The molecule has 0 radical (unpaired) electrons. The lowest BCUT2D eigenvalue weighted by atomic mass is 10.1. The molecular formula is C20H10F3NO6. The number of benzene rings is 2. The Morgan fingerprint density at radius 1 is 0.833 bits per heavy atom. The number of rotatable bonds is 4. The Hall–Kier alpha value is -4.08. The van der Waals surface area contributed by atoms with E-state index in [0.29, 0.717) is 5.06 Å². The van der Waals surface area contributed by atoms with Crippen molar-refractivity contribution in [3.05, 3.63) is 77.6 Å². The van der Waals surface area contributed by atoms with Crippen LogP contribution in [-0.2, 0) is 4.84 Å². The van der Waals surface area contributed by atoms with Crippen molar-refractivity contribution in [2.45, 2.75) is 6.36 Å². The van der Waals surface area contributed by atoms with E-state index in [9.17, 15) is 27.6 Å². The van der Waals surface area contributed by atoms with Crippen LogP contribution in [0, 0.1) is 0 Å². The van der Waals surface area contributed by atoms with E-state index in [4.69, 9.17) is 9.25 Å². The van der Waals surface area contributed by atoms with Gasteiger partial charge in [0.05, 0.1) is 16.7 Å². The van der Waals surface area contributed by atoms with Crippen LogP contribution in [0.3, 0.4) is 0 Å². The van der Waals surface area contributed by atoms with Gasteiger partial charge >= 0.3 is 12.3 Å². The predicted molar refractivity (Wildman–Crippen MR) is 93.2 cm³/mol. The van der Waals surface area contributed by atoms with Crippen molar-refractivity contribution in [2.24, 2.45) is 0 Å². The molecule has 1 aliphatic rings. The summed E-state index contributed by atoms with van der Waals surface area (Å²) in [6.45, 7) is 0. The van der Waals surface area contributed by atoms with Gasteiger partial charge in [0.2, 0.25) is 5.76 Å². The topological polar surface area (TPSA) is 86.0 Å². The van der Waals surface area contributed by atoms with Gasteiger partial charge in [0.15, 0.2) is 0 Å². The fourth-order valence-electron chi connectivity index (χ4n) is 2.85. The molecule has 0 atom stereocenters. The number of hydrogen-bond acceptors (Lipinski definition) is 6. The van der Waals surface area contributed by atoms with Crippen molar-refractivity contribution in [1.82, 2.24) is 5.06 Å². The molecule has 0 N–H and O–H groups in total. The second-order valence-electron chi connectivity index (χ2n) is 6.04. The molecule has 10 heteroatoms. The van der Waals surface area contributed by atoms with Crippen LogP contribution >= 0.6 is 0 Å². The molecule has 0 saturated heterocycles. The van der Waals surface area contributed by atoms with Gasteiger partial charge in [-0.15, -0.1) is 13.2 Å². The number of amides is 2. The number of nitrogens with zero attached hydrogens (tertiary/aromatic N) is 1. The Kier molecular flexibility index (Phi) is 4.53. The molecule has 0 fully saturated rings. The van der Waals surface area contributed by atoms with Crippen LogP contribution in [0.1, 0.15) is 31.3 Å². The maximum absolute atomic E-state index is 12.6. The second kappa shape index (κ2) is 7.07. The molecule has 0 bridgehead atoms. The van der Waals surface area contributed by atoms with Gasteiger partial charge in [0, 0.05) is 0 Å². The molecule has 30 heavy (non-hydrogen) atoms. The molecule has 2 aromatic carbocycles. The van der Waals surface area contributed by atoms with E-state index in [1.165, 1.54) is 36.4 Å². The summed E-state index contributed by atoms with van der Waals surface area (Å²) in [5, 5.41) is 0.301. The van der Waals surface area contributed by atoms with E-state index in [2.05, 4.69) is 4.74 Å². The second-order valence-corrected chi connectivity index (χ2v) is 6.04. The first-order chi connectivity index (χ1) is 14.2. The number of carbonyl (C=O) groups is 3. The molecule has 0 unspecified atom stereocenters. The molecule has 4 rings (SSSR count). The van der Waals surface area contributed by atoms with Gasteiger partial charge in [-0.25, -0.2) is 4.79 Å². The van der Waals surface area contributed by atoms with E-state index in [0.717, 1.165) is 12.1 Å². The third kappa shape index (κ3) is 3.50. The van der Waals surface area contributed by atoms with Crippen molar-refractivity contribution in [2.75, 3.05) is 0 Å². The Morgan fingerprint density at radius 3 is 2.00 bits per heavy atom. The first-order valence-electron chi connectivity index (χ1n) is 8.40. The largest absolute Gasteiger partial charge is 0.573 e. The van der Waals surface area contributed by atoms with Gasteiger partial charge in [0.1, 0.15) is 11.5 Å². The number of carbonyl (C=O) groups excluding carboxylic acids is 3. The summed E-state index contributed by atoms with van der Waals surface area (Å²) in [4.78, 5) is 41.7. The molecule has 1 aliphatic heterocycles. The zero-order valence-electron chi connectivity index (χ0n) is 14.8. The van der Waals surface area contributed by atoms with Crippen molar-refractivity contribution in [3.63, 3.8) is 0 Å². The Labute approximate surface area is 166 Å². The molecule has 2 amide bonds. The van der Waals surface area contributed by atoms with Crippen LogP contribution in [0.2, 0.25) is 0 Å². The summed E-state index contributed by atoms with van der Waals surface area (Å²) in [5.41, 5.74) is 0.0944. The molecule has 2 heterocycles. The number of furan rings is 1. The van der Waals surface area contributed by atoms with Gasteiger partial charge in [-0.2, -0.15) is 0 Å². The quantitative estimate of drug-likeness (QED) is 0.591. The number of para-hydroxylation sites is 1. The molecule has 1 aromatic heterocycles. The average Bonchev–Trinajstić information content (AvgIpc) is 3.28. The van der Waals surface area contributed by atoms with Gasteiger partial charge in [0.25, 0.3) is 11.8 Å². The highest BCUT2D eigenvalue weighted by Crippen LogP contribution is 2.35. The van der Waals surface area contributed by atoms with Crippen molar-refractivity contribution in [3.8, 4) is 17.1 Å². The fourth-order valence-corrected chi connectivity index (χ4v) is 2.85. The lowest BCUT2D eigenvalue weighted by molar-refractivity contribution is -0.274. The monoisotopic (exact) mass is 417 g/mol. The van der Waals surface area contributed by atoms with E-state index in [-0.39, 0.29) is 22.5 Å². The van der Waals surface area contributed by atoms with Crippen molar-refractivity contribution < 1.29 is 41.5 Å². The Bertz CT molecular complexity index is 1130. The van der Waals surface area contributed by atoms with E-state index in [1.807, 2.05) is 0 Å². The van der Waals surface area contributed by atoms with Crippen LogP contribution in [0.4, 0.5) is 13.2 Å². The minimum atomic E-state index is -4.92. The lowest BCUT2D eigenvalue weighted by Crippen LogP contribution is -2.32. The third-order valence-corrected chi connectivity index (χ3v) is 4.12. The first kappa shape index (κ1) is 19.2. The van der Waals surface area contributed by atoms with Gasteiger partial charge in [-0.05, 0) is 36.4 Å². The lowest BCUT2D eigenvalue weighted by Gasteiger charge is -2.12. The number of alkyl halides is 3. The fraction of sp³-hybridized carbons (Fsp3) is 0.0500. The number of hydroxylamine groups is 2. The highest BCUT2D eigenvalue weighted by atomic mass is 19.4. The zero-order chi connectivity index (χ0) is 21.5. The normalized spacial score (nSPS) is 13.4. The number of halogens is 3. The minimum Gasteiger partial charge on any atom is -0.449 e. The Morgan fingerprint density at radius 2 is 1.40 bits per heavy atom. The molecule has 0 saturated carbocycles. The summed E-state index contributed by atoms with van der Waals surface area (Å²) in [7, 11) is 0. The van der Waals surface area contributed by atoms with Crippen LogP contribution in [0.25, 0.3) is 11.3 Å². The molecule has 152 valence electrons. The minimum absolute atomic E-state index is 0.0606. The number of fused-ring (bicyclic) bond motifs is 1. The number of imide groups is 1. The summed E-state index contributed by atoms with van der Waals surface area (Å²) in [6.07, 6.45) is -4.92. The predicted octanol–water partition coefficient (Wildman–Crippen LogP) is 4.21. The third-order valence-electron chi connectivity index (χ3n) is 4.12. The average molecular weight is 417 g/mol. The van der Waals surface area contributed by atoms with Gasteiger partial charge in [-0.1, -0.05) is 29.3 Å². The molecule has 0 aliphatic carbocycles. The molecule has 3 aromatic rings. The SMILES string of the molecule is O=C(ON1C(=O)c2ccccc2C1=O)c1ccc(-c2ccccc2OC(F)(F)F)o1. The van der Waals surface area contributed by atoms with E-state index >= 15 is 0 Å². The van der Waals surface area contributed by atoms with Crippen LogP contribution < -0.4 is 4.74 Å². The maximum atomic E-state index is 12.6. The maximum Gasteiger partial charge on any atom is 0.573 e. The first-order valence-corrected chi connectivity index (χ1v) is 8.40. The van der Waals surface area contributed by atoms with Crippen LogP contribution in [-0.4, -0.2) is 29.2 Å². The van der Waals surface area contributed by atoms with Crippen molar-refractivity contribution >= 4 is 17.8 Å². The number of hydrogen-bond donors (Lipinski definition) is 0. The summed E-state index contributed by atoms with van der Waals surface area (Å²) >= 11 is 0. The zero-order valence-corrected chi connectivity index (χ0v) is 14.8. The summed E-state index contributed by atoms with van der Waals surface area (Å²) < 4.78 is 47.0. The standard InChI is InChI=1S/C20H10F3NO6/c21-20(22,23)29-15-8-4-3-7-13(15)14-9-10-16(28-14)19(27)30-24-17(25)11-5-1-2-6-12(11)18(24)26/h1-10H. The highest BCUT2D eigenvalue weighted by molar-refractivity contribution is 6.21. The smallest absolute Gasteiger partial charge is 0.449 e. The van der Waals surface area contributed by atoms with Gasteiger partial charge in [-0.3, -0.25) is 9.59 Å². The van der Waals surface area contributed by atoms with E-state index in [1.54, 1.807) is 12.1 Å². The molecular weight excluding hydrogens is 407 g/mol. The number of ether oxygens (including phenoxy) is 1. The summed E-state index contributed by atoms with van der Waals surface area (Å²) in [5.74, 6) is -3.88. The Balaban J connectivity index is 1.55. The van der Waals surface area contributed by atoms with E-state index < -0.39 is 35.7 Å². The molecule has 0 spiro atoms. The van der Waals surface area contributed by atoms with Crippen molar-refractivity contribution in [1.29, 1.82) is 0 Å².